The Morgan fingerprint density at radius 2 is 2.60 bits per heavy atom. The molecule has 0 amide bonds. The van der Waals surface area contributed by atoms with Gasteiger partial charge in [0.05, 0.1) is 6.34 Å². The van der Waals surface area contributed by atoms with Crippen molar-refractivity contribution < 1.29 is 0 Å². The van der Waals surface area contributed by atoms with Gasteiger partial charge in [-0.1, -0.05) is 0 Å². The van der Waals surface area contributed by atoms with E-state index in [1.54, 1.807) is 17.4 Å². The minimum absolute atomic E-state index is 0.146. The average molecular weight is 139 g/mol. The first-order valence-electron chi connectivity index (χ1n) is 2.84. The van der Waals surface area contributed by atoms with E-state index in [2.05, 4.69) is 10.4 Å². The first-order valence-corrected chi connectivity index (χ1v) is 2.84. The van der Waals surface area contributed by atoms with Crippen LogP contribution in [0.5, 0.6) is 0 Å². The number of guanidine groups is 1. The number of hydrazine groups is 1. The summed E-state index contributed by atoms with van der Waals surface area (Å²) in [5, 5.41) is 7.20. The molecular formula is C5H9N5. The van der Waals surface area contributed by atoms with Crippen LogP contribution in [0.3, 0.4) is 0 Å². The van der Waals surface area contributed by atoms with Crippen LogP contribution in [0.4, 0.5) is 0 Å². The maximum atomic E-state index is 7.20. The third-order valence-corrected chi connectivity index (χ3v) is 1.12. The van der Waals surface area contributed by atoms with Crippen LogP contribution in [-0.4, -0.2) is 23.7 Å². The van der Waals surface area contributed by atoms with Crippen LogP contribution in [0.15, 0.2) is 17.3 Å². The normalized spacial score (nSPS) is 15.5. The smallest absolute Gasteiger partial charge is 0.211 e. The molecule has 0 aliphatic carbocycles. The maximum Gasteiger partial charge on any atom is 0.211 e. The predicted octanol–water partition coefficient (Wildman–Crippen LogP) is -0.758. The number of hydrogen-bond donors (Lipinski definition) is 3. The highest BCUT2D eigenvalue weighted by Crippen LogP contribution is 1.90. The molecule has 1 heterocycles. The summed E-state index contributed by atoms with van der Waals surface area (Å²) in [6.45, 7) is 0.645. The van der Waals surface area contributed by atoms with Gasteiger partial charge in [-0.05, 0) is 6.08 Å². The number of nitrogens with one attached hydrogen (secondary N) is 2. The van der Waals surface area contributed by atoms with Crippen molar-refractivity contribution >= 4 is 12.3 Å². The lowest BCUT2D eigenvalue weighted by Crippen LogP contribution is -2.43. The molecule has 0 fully saturated rings. The number of nitrogens with zero attached hydrogens (tertiary/aromatic N) is 2. The molecule has 0 atom stereocenters. The second-order valence-corrected chi connectivity index (χ2v) is 1.79. The predicted molar refractivity (Wildman–Crippen MR) is 39.4 cm³/mol. The topological polar surface area (TPSA) is 77.5 Å². The SMILES string of the molecule is N=C(NN)N1C=NC=CC1. The summed E-state index contributed by atoms with van der Waals surface area (Å²) in [5.41, 5.74) is 2.22. The van der Waals surface area contributed by atoms with Crippen LogP contribution in [0.1, 0.15) is 0 Å². The van der Waals surface area contributed by atoms with E-state index in [1.807, 2.05) is 6.08 Å². The third-order valence-electron chi connectivity index (χ3n) is 1.12. The van der Waals surface area contributed by atoms with E-state index in [1.165, 1.54) is 0 Å². The van der Waals surface area contributed by atoms with E-state index in [-0.39, 0.29) is 5.96 Å². The van der Waals surface area contributed by atoms with Crippen molar-refractivity contribution in [2.75, 3.05) is 6.54 Å². The first kappa shape index (κ1) is 6.76. The zero-order chi connectivity index (χ0) is 7.40. The van der Waals surface area contributed by atoms with Crippen molar-refractivity contribution in [2.24, 2.45) is 10.8 Å². The molecular weight excluding hydrogens is 130 g/mol. The van der Waals surface area contributed by atoms with E-state index in [9.17, 15) is 0 Å². The third kappa shape index (κ3) is 1.32. The summed E-state index contributed by atoms with van der Waals surface area (Å²) >= 11 is 0. The van der Waals surface area contributed by atoms with Gasteiger partial charge in [-0.3, -0.25) is 15.7 Å². The van der Waals surface area contributed by atoms with E-state index >= 15 is 0 Å². The fourth-order valence-corrected chi connectivity index (χ4v) is 0.620. The van der Waals surface area contributed by atoms with Gasteiger partial charge in [0.25, 0.3) is 0 Å². The molecule has 10 heavy (non-hydrogen) atoms. The van der Waals surface area contributed by atoms with Gasteiger partial charge in [-0.15, -0.1) is 0 Å². The molecule has 0 saturated heterocycles. The molecule has 0 radical (unpaired) electrons. The highest BCUT2D eigenvalue weighted by Gasteiger charge is 2.03. The van der Waals surface area contributed by atoms with Crippen molar-refractivity contribution in [3.63, 3.8) is 0 Å². The Kier molecular flexibility index (Phi) is 2.01. The van der Waals surface area contributed by atoms with Crippen LogP contribution in [0.2, 0.25) is 0 Å². The van der Waals surface area contributed by atoms with E-state index in [4.69, 9.17) is 11.3 Å². The number of nitrogens with two attached hydrogens (primary N) is 1. The van der Waals surface area contributed by atoms with E-state index in [0.29, 0.717) is 6.54 Å². The molecule has 1 aliphatic heterocycles. The van der Waals surface area contributed by atoms with Gasteiger partial charge < -0.3 is 0 Å². The number of rotatable bonds is 0. The minimum Gasteiger partial charge on any atom is -0.298 e. The Morgan fingerprint density at radius 3 is 3.10 bits per heavy atom. The molecule has 0 aromatic carbocycles. The summed E-state index contributed by atoms with van der Waals surface area (Å²) in [6, 6.07) is 0. The highest BCUT2D eigenvalue weighted by molar-refractivity contribution is 5.88. The Labute approximate surface area is 58.7 Å². The molecule has 5 heteroatoms. The second kappa shape index (κ2) is 2.98. The monoisotopic (exact) mass is 139 g/mol. The Hall–Kier alpha value is -1.36. The lowest BCUT2D eigenvalue weighted by atomic mass is 10.5. The molecule has 4 N–H and O–H groups in total. The van der Waals surface area contributed by atoms with Crippen LogP contribution < -0.4 is 11.3 Å². The van der Waals surface area contributed by atoms with Crippen molar-refractivity contribution in [2.45, 2.75) is 0 Å². The Morgan fingerprint density at radius 1 is 1.80 bits per heavy atom. The van der Waals surface area contributed by atoms with Crippen LogP contribution in [-0.2, 0) is 0 Å². The van der Waals surface area contributed by atoms with Crippen molar-refractivity contribution in [1.29, 1.82) is 5.41 Å². The average Bonchev–Trinajstić information content (AvgIpc) is 2.05. The molecule has 0 saturated carbocycles. The summed E-state index contributed by atoms with van der Waals surface area (Å²) in [4.78, 5) is 5.39. The van der Waals surface area contributed by atoms with E-state index in [0.717, 1.165) is 0 Å². The van der Waals surface area contributed by atoms with Crippen LogP contribution in [0, 0.1) is 5.41 Å². The summed E-state index contributed by atoms with van der Waals surface area (Å²) < 4.78 is 0. The van der Waals surface area contributed by atoms with Crippen molar-refractivity contribution in [1.82, 2.24) is 10.3 Å². The fraction of sp³-hybridized carbons (Fsp3) is 0.200. The van der Waals surface area contributed by atoms with Crippen molar-refractivity contribution in [3.8, 4) is 0 Å². The van der Waals surface area contributed by atoms with Gasteiger partial charge in [-0.2, -0.15) is 0 Å². The Balaban J connectivity index is 2.51. The fourth-order valence-electron chi connectivity index (χ4n) is 0.620. The Bertz CT molecular complexity index is 182. The molecule has 1 aliphatic rings. The molecule has 0 aromatic heterocycles. The highest BCUT2D eigenvalue weighted by atomic mass is 15.4. The molecule has 0 unspecified atom stereocenters. The van der Waals surface area contributed by atoms with Crippen molar-refractivity contribution in [3.05, 3.63) is 12.3 Å². The molecule has 0 spiro atoms. The van der Waals surface area contributed by atoms with Gasteiger partial charge in [0.2, 0.25) is 5.96 Å². The van der Waals surface area contributed by atoms with E-state index < -0.39 is 0 Å². The zero-order valence-corrected chi connectivity index (χ0v) is 5.41. The lowest BCUT2D eigenvalue weighted by molar-refractivity contribution is 0.645. The minimum atomic E-state index is 0.146. The molecule has 54 valence electrons. The molecule has 0 bridgehead atoms. The molecule has 0 aromatic rings. The molecule has 1 rings (SSSR count). The number of aliphatic imine (C=N–C) groups is 1. The zero-order valence-electron chi connectivity index (χ0n) is 5.41. The van der Waals surface area contributed by atoms with Gasteiger partial charge in [0.15, 0.2) is 0 Å². The van der Waals surface area contributed by atoms with Crippen LogP contribution >= 0.6 is 0 Å². The lowest BCUT2D eigenvalue weighted by Gasteiger charge is -2.18. The largest absolute Gasteiger partial charge is 0.298 e. The summed E-state index contributed by atoms with van der Waals surface area (Å²) in [7, 11) is 0. The standard InChI is InChI=1S/C5H9N5/c6-5(9-7)10-3-1-2-8-4-10/h1-2,4H,3,7H2,(H2,6,9). The maximum absolute atomic E-state index is 7.20. The quantitative estimate of drug-likeness (QED) is 0.179. The first-order chi connectivity index (χ1) is 4.84. The molecule has 5 nitrogen and oxygen atoms in total. The second-order valence-electron chi connectivity index (χ2n) is 1.79. The number of hydrogen-bond acceptors (Lipinski definition) is 3. The summed E-state index contributed by atoms with van der Waals surface area (Å²) in [6.07, 6.45) is 5.06. The summed E-state index contributed by atoms with van der Waals surface area (Å²) in [5.74, 6) is 5.15. The van der Waals surface area contributed by atoms with Gasteiger partial charge >= 0.3 is 0 Å². The van der Waals surface area contributed by atoms with Gasteiger partial charge in [-0.25, -0.2) is 10.8 Å². The van der Waals surface area contributed by atoms with Crippen LogP contribution in [0.25, 0.3) is 0 Å². The van der Waals surface area contributed by atoms with Gasteiger partial charge in [0.1, 0.15) is 0 Å². The van der Waals surface area contributed by atoms with Gasteiger partial charge in [0, 0.05) is 12.7 Å².